The van der Waals surface area contributed by atoms with Crippen LogP contribution in [0.4, 0.5) is 5.69 Å². The number of amides is 2. The van der Waals surface area contributed by atoms with Crippen molar-refractivity contribution in [1.29, 1.82) is 0 Å². The molecular formula is C22H21BrClN5O2S. The molecule has 2 N–H and O–H groups in total. The average Bonchev–Trinajstić information content (AvgIpc) is 3.14. The van der Waals surface area contributed by atoms with E-state index in [1.165, 1.54) is 11.8 Å². The summed E-state index contributed by atoms with van der Waals surface area (Å²) in [5, 5.41) is 15.1. The Hall–Kier alpha value is -2.62. The van der Waals surface area contributed by atoms with Crippen LogP contribution in [0.25, 0.3) is 0 Å². The van der Waals surface area contributed by atoms with E-state index in [0.29, 0.717) is 28.1 Å². The van der Waals surface area contributed by atoms with E-state index in [1.807, 2.05) is 29.7 Å². The lowest BCUT2D eigenvalue weighted by Crippen LogP contribution is -2.24. The standard InChI is InChI=1S/C22H21BrClN5O2S/c1-3-9-29-19(12-25-21(31)15-5-4-6-17(24)11-15)27-28-22(29)32-13-20(30)26-18-8-7-16(23)10-14(18)2/h3-8,10-11H,1,9,12-13H2,2H3,(H,25,31)(H,26,30). The normalized spacial score (nSPS) is 10.6. The highest BCUT2D eigenvalue weighted by molar-refractivity contribution is 9.10. The van der Waals surface area contributed by atoms with Crippen molar-refractivity contribution < 1.29 is 9.59 Å². The number of carbonyl (C=O) groups is 2. The summed E-state index contributed by atoms with van der Waals surface area (Å²) in [5.74, 6) is 0.315. The molecule has 1 heterocycles. The molecule has 0 aliphatic carbocycles. The van der Waals surface area contributed by atoms with Gasteiger partial charge in [0.05, 0.1) is 12.3 Å². The first-order valence-corrected chi connectivity index (χ1v) is 11.8. The van der Waals surface area contributed by atoms with Crippen LogP contribution in [0.1, 0.15) is 21.7 Å². The molecule has 0 radical (unpaired) electrons. The summed E-state index contributed by atoms with van der Waals surface area (Å²) < 4.78 is 2.77. The van der Waals surface area contributed by atoms with E-state index in [2.05, 4.69) is 43.3 Å². The van der Waals surface area contributed by atoms with Gasteiger partial charge in [0.2, 0.25) is 5.91 Å². The Bertz CT molecular complexity index is 1150. The second kappa shape index (κ2) is 11.3. The maximum atomic E-state index is 12.4. The van der Waals surface area contributed by atoms with Gasteiger partial charge in [-0.3, -0.25) is 9.59 Å². The number of halogens is 2. The molecule has 0 bridgehead atoms. The Morgan fingerprint density at radius 1 is 1.25 bits per heavy atom. The number of allylic oxidation sites excluding steroid dienone is 1. The third-order valence-electron chi connectivity index (χ3n) is 4.39. The molecule has 0 unspecified atom stereocenters. The Labute approximate surface area is 203 Å². The number of thioether (sulfide) groups is 1. The molecule has 7 nitrogen and oxygen atoms in total. The van der Waals surface area contributed by atoms with Crippen LogP contribution in [-0.4, -0.2) is 32.3 Å². The summed E-state index contributed by atoms with van der Waals surface area (Å²) in [4.78, 5) is 24.8. The van der Waals surface area contributed by atoms with E-state index in [-0.39, 0.29) is 24.1 Å². The number of hydrogen-bond acceptors (Lipinski definition) is 5. The predicted molar refractivity (Wildman–Crippen MR) is 131 cm³/mol. The molecule has 166 valence electrons. The van der Waals surface area contributed by atoms with Crippen LogP contribution in [0.15, 0.2) is 64.7 Å². The highest BCUT2D eigenvalue weighted by Gasteiger charge is 2.15. The second-order valence-electron chi connectivity index (χ2n) is 6.79. The van der Waals surface area contributed by atoms with Gasteiger partial charge in [-0.25, -0.2) is 0 Å². The highest BCUT2D eigenvalue weighted by Crippen LogP contribution is 2.22. The molecule has 2 aromatic carbocycles. The molecule has 3 aromatic rings. The molecule has 2 amide bonds. The molecule has 1 aromatic heterocycles. The lowest BCUT2D eigenvalue weighted by Gasteiger charge is -2.10. The van der Waals surface area contributed by atoms with E-state index in [9.17, 15) is 9.59 Å². The summed E-state index contributed by atoms with van der Waals surface area (Å²) in [6.07, 6.45) is 1.71. The van der Waals surface area contributed by atoms with Gasteiger partial charge in [-0.1, -0.05) is 51.4 Å². The average molecular weight is 535 g/mol. The van der Waals surface area contributed by atoms with Gasteiger partial charge in [-0.05, 0) is 48.9 Å². The first-order valence-electron chi connectivity index (χ1n) is 9.63. The van der Waals surface area contributed by atoms with Gasteiger partial charge in [-0.15, -0.1) is 16.8 Å². The lowest BCUT2D eigenvalue weighted by atomic mass is 10.2. The van der Waals surface area contributed by atoms with E-state index < -0.39 is 0 Å². The molecule has 0 aliphatic rings. The molecule has 0 saturated heterocycles. The number of aromatic nitrogens is 3. The summed E-state index contributed by atoms with van der Waals surface area (Å²) in [5.41, 5.74) is 2.18. The number of benzene rings is 2. The molecule has 0 spiro atoms. The Morgan fingerprint density at radius 2 is 2.06 bits per heavy atom. The Morgan fingerprint density at radius 3 is 2.78 bits per heavy atom. The van der Waals surface area contributed by atoms with E-state index in [0.717, 1.165) is 15.7 Å². The highest BCUT2D eigenvalue weighted by atomic mass is 79.9. The van der Waals surface area contributed by atoms with E-state index in [1.54, 1.807) is 30.3 Å². The van der Waals surface area contributed by atoms with Gasteiger partial charge in [0, 0.05) is 27.3 Å². The summed E-state index contributed by atoms with van der Waals surface area (Å²) in [6.45, 7) is 6.32. The van der Waals surface area contributed by atoms with Gasteiger partial charge in [0.15, 0.2) is 11.0 Å². The summed E-state index contributed by atoms with van der Waals surface area (Å²) in [7, 11) is 0. The zero-order valence-corrected chi connectivity index (χ0v) is 20.4. The minimum atomic E-state index is -0.265. The summed E-state index contributed by atoms with van der Waals surface area (Å²) in [6, 6.07) is 12.4. The van der Waals surface area contributed by atoms with Crippen LogP contribution in [0, 0.1) is 6.92 Å². The SMILES string of the molecule is C=CCn1c(CNC(=O)c2cccc(Cl)c2)nnc1SCC(=O)Nc1ccc(Br)cc1C. The number of rotatable bonds is 9. The third kappa shape index (κ3) is 6.44. The summed E-state index contributed by atoms with van der Waals surface area (Å²) >= 11 is 10.6. The van der Waals surface area contributed by atoms with Crippen LogP contribution < -0.4 is 10.6 Å². The minimum absolute atomic E-state index is 0.149. The smallest absolute Gasteiger partial charge is 0.251 e. The Kier molecular flexibility index (Phi) is 8.49. The maximum Gasteiger partial charge on any atom is 0.251 e. The van der Waals surface area contributed by atoms with Gasteiger partial charge >= 0.3 is 0 Å². The van der Waals surface area contributed by atoms with Crippen LogP contribution in [-0.2, 0) is 17.9 Å². The molecule has 10 heteroatoms. The molecule has 0 atom stereocenters. The third-order valence-corrected chi connectivity index (χ3v) is 6.09. The zero-order chi connectivity index (χ0) is 23.1. The van der Waals surface area contributed by atoms with Crippen LogP contribution in [0.2, 0.25) is 5.02 Å². The number of anilines is 1. The molecule has 0 aliphatic heterocycles. The minimum Gasteiger partial charge on any atom is -0.345 e. The largest absolute Gasteiger partial charge is 0.345 e. The fraction of sp³-hybridized carbons (Fsp3) is 0.182. The molecule has 0 saturated carbocycles. The van der Waals surface area contributed by atoms with Crippen molar-refractivity contribution in [2.24, 2.45) is 0 Å². The maximum absolute atomic E-state index is 12.4. The predicted octanol–water partition coefficient (Wildman–Crippen LogP) is 4.85. The van der Waals surface area contributed by atoms with Crippen molar-refractivity contribution in [2.45, 2.75) is 25.2 Å². The van der Waals surface area contributed by atoms with Gasteiger partial charge < -0.3 is 15.2 Å². The number of nitrogens with one attached hydrogen (secondary N) is 2. The monoisotopic (exact) mass is 533 g/mol. The Balaban J connectivity index is 1.61. The van der Waals surface area contributed by atoms with Crippen molar-refractivity contribution in [3.63, 3.8) is 0 Å². The van der Waals surface area contributed by atoms with Gasteiger partial charge in [0.1, 0.15) is 0 Å². The lowest BCUT2D eigenvalue weighted by molar-refractivity contribution is -0.113. The van der Waals surface area contributed by atoms with Gasteiger partial charge in [0.25, 0.3) is 5.91 Å². The first kappa shape index (κ1) is 24.0. The van der Waals surface area contributed by atoms with Crippen molar-refractivity contribution >= 4 is 56.8 Å². The fourth-order valence-corrected chi connectivity index (χ4v) is 4.28. The van der Waals surface area contributed by atoms with Crippen molar-refractivity contribution in [1.82, 2.24) is 20.1 Å². The van der Waals surface area contributed by atoms with Crippen LogP contribution >= 0.6 is 39.3 Å². The number of nitrogens with zero attached hydrogens (tertiary/aromatic N) is 3. The van der Waals surface area contributed by atoms with Crippen molar-refractivity contribution in [3.05, 3.63) is 81.6 Å². The molecule has 32 heavy (non-hydrogen) atoms. The number of hydrogen-bond donors (Lipinski definition) is 2. The zero-order valence-electron chi connectivity index (χ0n) is 17.3. The van der Waals surface area contributed by atoms with E-state index in [4.69, 9.17) is 11.6 Å². The van der Waals surface area contributed by atoms with Crippen LogP contribution in [0.3, 0.4) is 0 Å². The molecular weight excluding hydrogens is 514 g/mol. The first-order chi connectivity index (χ1) is 15.4. The number of carbonyl (C=O) groups excluding carboxylic acids is 2. The van der Waals surface area contributed by atoms with Crippen molar-refractivity contribution in [3.8, 4) is 0 Å². The quantitative estimate of drug-likeness (QED) is 0.303. The fourth-order valence-electron chi connectivity index (χ4n) is 2.84. The van der Waals surface area contributed by atoms with Crippen molar-refractivity contribution in [2.75, 3.05) is 11.1 Å². The van der Waals surface area contributed by atoms with Gasteiger partial charge in [-0.2, -0.15) is 0 Å². The van der Waals surface area contributed by atoms with E-state index >= 15 is 0 Å². The topological polar surface area (TPSA) is 88.9 Å². The van der Waals surface area contributed by atoms with Crippen LogP contribution in [0.5, 0.6) is 0 Å². The molecule has 3 rings (SSSR count). The molecule has 0 fully saturated rings. The number of aryl methyl sites for hydroxylation is 1. The second-order valence-corrected chi connectivity index (χ2v) is 9.08.